The first-order chi connectivity index (χ1) is 9.57. The number of hydrogen-bond donors (Lipinski definition) is 1. The Balaban J connectivity index is 2.30. The first-order valence-corrected chi connectivity index (χ1v) is 7.61. The molecule has 0 aromatic rings. The van der Waals surface area contributed by atoms with E-state index in [1.54, 1.807) is 0 Å². The van der Waals surface area contributed by atoms with Crippen molar-refractivity contribution in [2.24, 2.45) is 5.92 Å². The number of ether oxygens (including phenoxy) is 2. The molecule has 10 heteroatoms. The van der Waals surface area contributed by atoms with E-state index in [2.05, 4.69) is 9.47 Å². The van der Waals surface area contributed by atoms with E-state index in [1.807, 2.05) is 0 Å². The SMILES string of the molecule is COC(=O)OC[C@@H]1C(=O)N2[C@@H](C(=O)O)C(C)(C)S(=O)(=O)[C@H]12. The fourth-order valence-corrected chi connectivity index (χ4v) is 5.08. The number of amides is 1. The summed E-state index contributed by atoms with van der Waals surface area (Å²) in [6.07, 6.45) is -1.04. The van der Waals surface area contributed by atoms with Crippen LogP contribution in [-0.2, 0) is 28.9 Å². The van der Waals surface area contributed by atoms with Crippen molar-refractivity contribution >= 4 is 27.9 Å². The number of sulfone groups is 1. The highest BCUT2D eigenvalue weighted by Gasteiger charge is 2.72. The topological polar surface area (TPSA) is 127 Å². The Kier molecular flexibility index (Phi) is 3.39. The van der Waals surface area contributed by atoms with Crippen molar-refractivity contribution < 1.29 is 37.4 Å². The number of fused-ring (bicyclic) bond motifs is 1. The lowest BCUT2D eigenvalue weighted by atomic mass is 9.92. The van der Waals surface area contributed by atoms with Crippen molar-refractivity contribution in [1.29, 1.82) is 0 Å². The van der Waals surface area contributed by atoms with Crippen LogP contribution < -0.4 is 0 Å². The highest BCUT2D eigenvalue weighted by Crippen LogP contribution is 2.48. The molecule has 2 fully saturated rings. The molecule has 1 N–H and O–H groups in total. The van der Waals surface area contributed by atoms with Gasteiger partial charge >= 0.3 is 12.1 Å². The van der Waals surface area contributed by atoms with Gasteiger partial charge in [0.1, 0.15) is 18.6 Å². The molecule has 0 bridgehead atoms. The van der Waals surface area contributed by atoms with E-state index in [1.165, 1.54) is 13.8 Å². The lowest BCUT2D eigenvalue weighted by Crippen LogP contribution is -2.64. The number of methoxy groups -OCH3 is 1. The molecule has 1 amide bonds. The van der Waals surface area contributed by atoms with Crippen LogP contribution in [0.25, 0.3) is 0 Å². The van der Waals surface area contributed by atoms with Crippen LogP contribution in [0.1, 0.15) is 13.8 Å². The fourth-order valence-electron chi connectivity index (χ4n) is 2.78. The zero-order valence-electron chi connectivity index (χ0n) is 11.6. The van der Waals surface area contributed by atoms with Crippen molar-refractivity contribution in [2.45, 2.75) is 30.0 Å². The molecule has 21 heavy (non-hydrogen) atoms. The zero-order valence-corrected chi connectivity index (χ0v) is 12.4. The minimum Gasteiger partial charge on any atom is -0.480 e. The van der Waals surface area contributed by atoms with E-state index in [-0.39, 0.29) is 0 Å². The number of carboxylic acid groups (broad SMARTS) is 1. The van der Waals surface area contributed by atoms with E-state index < -0.39 is 56.6 Å². The second kappa shape index (κ2) is 4.58. The van der Waals surface area contributed by atoms with Crippen molar-refractivity contribution in [3.63, 3.8) is 0 Å². The number of rotatable bonds is 3. The number of carboxylic acids is 1. The number of aliphatic carboxylic acids is 1. The summed E-state index contributed by atoms with van der Waals surface area (Å²) in [7, 11) is -2.83. The van der Waals surface area contributed by atoms with Gasteiger partial charge in [-0.3, -0.25) is 4.79 Å². The molecule has 0 radical (unpaired) electrons. The van der Waals surface area contributed by atoms with Gasteiger partial charge < -0.3 is 19.5 Å². The molecule has 2 aliphatic rings. The van der Waals surface area contributed by atoms with Gasteiger partial charge in [0.05, 0.1) is 11.9 Å². The van der Waals surface area contributed by atoms with Gasteiger partial charge in [-0.2, -0.15) is 0 Å². The third-order valence-corrected chi connectivity index (χ3v) is 6.84. The second-order valence-corrected chi connectivity index (χ2v) is 8.02. The highest BCUT2D eigenvalue weighted by molar-refractivity contribution is 7.93. The van der Waals surface area contributed by atoms with Crippen molar-refractivity contribution in [3.8, 4) is 0 Å². The molecule has 2 aliphatic heterocycles. The Labute approximate surface area is 120 Å². The predicted octanol–water partition coefficient (Wildman–Crippen LogP) is -0.786. The molecule has 2 rings (SSSR count). The molecule has 0 aromatic carbocycles. The maximum absolute atomic E-state index is 12.4. The number of carbonyl (C=O) groups excluding carboxylic acids is 2. The zero-order chi connectivity index (χ0) is 16.2. The van der Waals surface area contributed by atoms with Crippen LogP contribution >= 0.6 is 0 Å². The van der Waals surface area contributed by atoms with E-state index in [0.717, 1.165) is 12.0 Å². The summed E-state index contributed by atoms with van der Waals surface area (Å²) >= 11 is 0. The molecule has 0 aromatic heterocycles. The smallest absolute Gasteiger partial charge is 0.480 e. The predicted molar refractivity (Wildman–Crippen MR) is 66.9 cm³/mol. The molecule has 9 nitrogen and oxygen atoms in total. The van der Waals surface area contributed by atoms with Crippen LogP contribution in [0, 0.1) is 5.92 Å². The van der Waals surface area contributed by atoms with Crippen LogP contribution in [-0.4, -0.2) is 66.3 Å². The maximum atomic E-state index is 12.4. The van der Waals surface area contributed by atoms with Gasteiger partial charge in [-0.05, 0) is 13.8 Å². The van der Waals surface area contributed by atoms with Gasteiger partial charge in [0.15, 0.2) is 15.2 Å². The summed E-state index contributed by atoms with van der Waals surface area (Å²) in [6, 6.07) is -1.45. The monoisotopic (exact) mass is 321 g/mol. The van der Waals surface area contributed by atoms with Gasteiger partial charge in [-0.1, -0.05) is 0 Å². The minimum absolute atomic E-state index is 0.464. The number of hydrogen-bond acceptors (Lipinski definition) is 7. The Bertz CT molecular complexity index is 610. The van der Waals surface area contributed by atoms with Crippen molar-refractivity contribution in [3.05, 3.63) is 0 Å². The van der Waals surface area contributed by atoms with Crippen LogP contribution in [0.15, 0.2) is 0 Å². The van der Waals surface area contributed by atoms with Crippen LogP contribution in [0.4, 0.5) is 4.79 Å². The minimum atomic E-state index is -3.90. The van der Waals surface area contributed by atoms with Crippen LogP contribution in [0.3, 0.4) is 0 Å². The Morgan fingerprint density at radius 2 is 1.95 bits per heavy atom. The third-order valence-electron chi connectivity index (χ3n) is 3.96. The summed E-state index contributed by atoms with van der Waals surface area (Å²) in [5.41, 5.74) is 0. The number of β-lactam (4-membered cyclic amide) rings is 1. The van der Waals surface area contributed by atoms with Gasteiger partial charge in [0.25, 0.3) is 0 Å². The largest absolute Gasteiger partial charge is 0.508 e. The normalized spacial score (nSPS) is 32.0. The van der Waals surface area contributed by atoms with E-state index in [9.17, 15) is 27.9 Å². The Morgan fingerprint density at radius 1 is 1.38 bits per heavy atom. The Morgan fingerprint density at radius 3 is 2.43 bits per heavy atom. The van der Waals surface area contributed by atoms with E-state index >= 15 is 0 Å². The summed E-state index contributed by atoms with van der Waals surface area (Å²) in [4.78, 5) is 35.0. The average molecular weight is 321 g/mol. The first-order valence-electron chi connectivity index (χ1n) is 6.06. The molecule has 0 spiro atoms. The van der Waals surface area contributed by atoms with Gasteiger partial charge in [0.2, 0.25) is 5.91 Å². The van der Waals surface area contributed by atoms with Gasteiger partial charge in [-0.15, -0.1) is 0 Å². The van der Waals surface area contributed by atoms with Gasteiger partial charge in [-0.25, -0.2) is 18.0 Å². The number of nitrogens with zero attached hydrogens (tertiary/aromatic N) is 1. The average Bonchev–Trinajstić information content (AvgIpc) is 2.52. The van der Waals surface area contributed by atoms with Crippen molar-refractivity contribution in [2.75, 3.05) is 13.7 Å². The molecular formula is C11H15NO8S. The molecular weight excluding hydrogens is 306 g/mol. The molecule has 118 valence electrons. The summed E-state index contributed by atoms with van der Waals surface area (Å²) in [5.74, 6) is -3.14. The first kappa shape index (κ1) is 15.5. The van der Waals surface area contributed by atoms with E-state index in [0.29, 0.717) is 0 Å². The molecule has 2 saturated heterocycles. The third kappa shape index (κ3) is 1.88. The standard InChI is InChI=1S/C11H15NO8S/c1-11(2)6(9(14)15)12-7(13)5(4-20-10(16)19-3)8(12)21(11,17)18/h5-6,8H,4H2,1-3H3,(H,14,15)/t5-,6+,8-/m1/s1. The fraction of sp³-hybridized carbons (Fsp3) is 0.727. The molecule has 0 aliphatic carbocycles. The van der Waals surface area contributed by atoms with Gasteiger partial charge in [0, 0.05) is 0 Å². The number of carbonyl (C=O) groups is 3. The molecule has 0 saturated carbocycles. The summed E-state index contributed by atoms with van der Waals surface area (Å²) < 4.78 is 32.1. The quantitative estimate of drug-likeness (QED) is 0.529. The van der Waals surface area contributed by atoms with E-state index in [4.69, 9.17) is 0 Å². The maximum Gasteiger partial charge on any atom is 0.508 e. The summed E-state index contributed by atoms with van der Waals surface area (Å²) in [5, 5.41) is 7.91. The van der Waals surface area contributed by atoms with Crippen molar-refractivity contribution in [1.82, 2.24) is 4.90 Å². The lowest BCUT2D eigenvalue weighted by Gasteiger charge is -2.42. The Hall–Kier alpha value is -1.84. The summed E-state index contributed by atoms with van der Waals surface area (Å²) in [6.45, 7) is 2.07. The molecule has 3 atom stereocenters. The van der Waals surface area contributed by atoms with Crippen LogP contribution in [0.5, 0.6) is 0 Å². The molecule has 0 unspecified atom stereocenters. The molecule has 2 heterocycles. The lowest BCUT2D eigenvalue weighted by molar-refractivity contribution is -0.165. The second-order valence-electron chi connectivity index (χ2n) is 5.40. The van der Waals surface area contributed by atoms with Crippen LogP contribution in [0.2, 0.25) is 0 Å². The highest BCUT2D eigenvalue weighted by atomic mass is 32.2.